The zero-order chi connectivity index (χ0) is 13.0. The van der Waals surface area contributed by atoms with E-state index in [0.717, 1.165) is 16.6 Å². The lowest BCUT2D eigenvalue weighted by atomic mass is 10.1. The van der Waals surface area contributed by atoms with Crippen LogP contribution in [0, 0.1) is 0 Å². The molecule has 4 heteroatoms. The van der Waals surface area contributed by atoms with Gasteiger partial charge in [-0.2, -0.15) is 0 Å². The number of anilines is 1. The molecule has 0 fully saturated rings. The first-order chi connectivity index (χ1) is 8.72. The van der Waals surface area contributed by atoms with Crippen LogP contribution < -0.4 is 5.32 Å². The van der Waals surface area contributed by atoms with E-state index in [1.165, 1.54) is 0 Å². The summed E-state index contributed by atoms with van der Waals surface area (Å²) in [5.74, 6) is -0.251. The Balaban J connectivity index is 2.24. The number of benzene rings is 1. The molecular weight excluding hydrogens is 228 g/mol. The molecule has 18 heavy (non-hydrogen) atoms. The van der Waals surface area contributed by atoms with Gasteiger partial charge in [-0.15, -0.1) is 0 Å². The van der Waals surface area contributed by atoms with E-state index in [2.05, 4.69) is 10.3 Å². The highest BCUT2D eigenvalue weighted by Gasteiger charge is 2.14. The van der Waals surface area contributed by atoms with Gasteiger partial charge < -0.3 is 10.1 Å². The lowest BCUT2D eigenvalue weighted by Crippen LogP contribution is -2.28. The van der Waals surface area contributed by atoms with Crippen LogP contribution in [0.5, 0.6) is 0 Å². The molecule has 0 aliphatic heterocycles. The Morgan fingerprint density at radius 1 is 1.39 bits per heavy atom. The highest BCUT2D eigenvalue weighted by atomic mass is 16.5. The van der Waals surface area contributed by atoms with Gasteiger partial charge in [0.25, 0.3) is 0 Å². The van der Waals surface area contributed by atoms with E-state index in [1.807, 2.05) is 30.3 Å². The quantitative estimate of drug-likeness (QED) is 0.840. The Kier molecular flexibility index (Phi) is 3.77. The number of hydrogen-bond acceptors (Lipinski definition) is 4. The van der Waals surface area contributed by atoms with Gasteiger partial charge in [-0.1, -0.05) is 18.2 Å². The predicted molar refractivity (Wildman–Crippen MR) is 71.5 cm³/mol. The highest BCUT2D eigenvalue weighted by Crippen LogP contribution is 2.21. The molecule has 0 saturated heterocycles. The fraction of sp³-hybridized carbons (Fsp3) is 0.286. The van der Waals surface area contributed by atoms with E-state index in [4.69, 9.17) is 4.74 Å². The summed E-state index contributed by atoms with van der Waals surface area (Å²) in [5.41, 5.74) is 1.79. The van der Waals surface area contributed by atoms with Crippen molar-refractivity contribution in [3.63, 3.8) is 0 Å². The van der Waals surface area contributed by atoms with E-state index in [1.54, 1.807) is 20.0 Å². The number of nitrogens with zero attached hydrogens (tertiary/aromatic N) is 1. The van der Waals surface area contributed by atoms with Crippen LogP contribution >= 0.6 is 0 Å². The van der Waals surface area contributed by atoms with Crippen LogP contribution in [0.3, 0.4) is 0 Å². The van der Waals surface area contributed by atoms with Gasteiger partial charge in [0, 0.05) is 17.3 Å². The van der Waals surface area contributed by atoms with Gasteiger partial charge in [0.2, 0.25) is 0 Å². The number of rotatable bonds is 4. The summed E-state index contributed by atoms with van der Waals surface area (Å²) in [4.78, 5) is 15.9. The zero-order valence-corrected chi connectivity index (χ0v) is 10.5. The van der Waals surface area contributed by atoms with Gasteiger partial charge in [-0.05, 0) is 26.0 Å². The normalized spacial score (nSPS) is 12.1. The molecule has 1 aromatic heterocycles. The third-order valence-electron chi connectivity index (χ3n) is 2.66. The van der Waals surface area contributed by atoms with Crippen LogP contribution in [0.25, 0.3) is 10.9 Å². The van der Waals surface area contributed by atoms with Crippen LogP contribution in [-0.4, -0.2) is 23.6 Å². The van der Waals surface area contributed by atoms with Crippen LogP contribution in [0.1, 0.15) is 13.8 Å². The van der Waals surface area contributed by atoms with Gasteiger partial charge in [0.15, 0.2) is 0 Å². The van der Waals surface area contributed by atoms with Gasteiger partial charge in [0.05, 0.1) is 12.1 Å². The minimum atomic E-state index is -0.379. The summed E-state index contributed by atoms with van der Waals surface area (Å²) in [5, 5.41) is 4.15. The van der Waals surface area contributed by atoms with Crippen molar-refractivity contribution >= 4 is 22.6 Å². The SMILES string of the molecule is CCOC(=O)C(C)Nc1ccnc2ccccc12. The van der Waals surface area contributed by atoms with Gasteiger partial charge in [-0.3, -0.25) is 4.98 Å². The van der Waals surface area contributed by atoms with Crippen molar-refractivity contribution in [2.24, 2.45) is 0 Å². The summed E-state index contributed by atoms with van der Waals surface area (Å²) in [6, 6.07) is 9.28. The number of hydrogen-bond donors (Lipinski definition) is 1. The van der Waals surface area contributed by atoms with Crippen molar-refractivity contribution in [3.8, 4) is 0 Å². The first-order valence-electron chi connectivity index (χ1n) is 5.99. The zero-order valence-electron chi connectivity index (χ0n) is 10.5. The molecule has 0 saturated carbocycles. The number of carbonyl (C=O) groups is 1. The summed E-state index contributed by atoms with van der Waals surface area (Å²) < 4.78 is 4.97. The summed E-state index contributed by atoms with van der Waals surface area (Å²) in [6.45, 7) is 3.97. The maximum atomic E-state index is 11.6. The largest absolute Gasteiger partial charge is 0.464 e. The fourth-order valence-electron chi connectivity index (χ4n) is 1.78. The second-order valence-corrected chi connectivity index (χ2v) is 3.99. The van der Waals surface area contributed by atoms with Gasteiger partial charge >= 0.3 is 5.97 Å². The topological polar surface area (TPSA) is 51.2 Å². The molecule has 1 atom stereocenters. The molecule has 4 nitrogen and oxygen atoms in total. The van der Waals surface area contributed by atoms with Crippen LogP contribution in [0.15, 0.2) is 36.5 Å². The average molecular weight is 244 g/mol. The number of pyridine rings is 1. The highest BCUT2D eigenvalue weighted by molar-refractivity contribution is 5.92. The number of carbonyl (C=O) groups excluding carboxylic acids is 1. The number of aromatic nitrogens is 1. The van der Waals surface area contributed by atoms with Gasteiger partial charge in [-0.25, -0.2) is 4.79 Å². The Bertz CT molecular complexity index is 549. The monoisotopic (exact) mass is 244 g/mol. The number of para-hydroxylation sites is 1. The van der Waals surface area contributed by atoms with Crippen molar-refractivity contribution in [2.45, 2.75) is 19.9 Å². The van der Waals surface area contributed by atoms with E-state index >= 15 is 0 Å². The molecule has 2 rings (SSSR count). The second-order valence-electron chi connectivity index (χ2n) is 3.99. The molecule has 1 N–H and O–H groups in total. The number of esters is 1. The van der Waals surface area contributed by atoms with Gasteiger partial charge in [0.1, 0.15) is 6.04 Å². The Morgan fingerprint density at radius 3 is 2.94 bits per heavy atom. The van der Waals surface area contributed by atoms with Crippen molar-refractivity contribution in [1.82, 2.24) is 4.98 Å². The lowest BCUT2D eigenvalue weighted by molar-refractivity contribution is -0.143. The number of nitrogens with one attached hydrogen (secondary N) is 1. The van der Waals surface area contributed by atoms with Crippen molar-refractivity contribution in [3.05, 3.63) is 36.5 Å². The molecular formula is C14H16N2O2. The lowest BCUT2D eigenvalue weighted by Gasteiger charge is -2.15. The van der Waals surface area contributed by atoms with E-state index in [-0.39, 0.29) is 12.0 Å². The van der Waals surface area contributed by atoms with E-state index in [0.29, 0.717) is 6.61 Å². The first kappa shape index (κ1) is 12.4. The molecule has 0 radical (unpaired) electrons. The molecule has 1 unspecified atom stereocenters. The van der Waals surface area contributed by atoms with Crippen molar-refractivity contribution < 1.29 is 9.53 Å². The fourth-order valence-corrected chi connectivity index (χ4v) is 1.78. The maximum absolute atomic E-state index is 11.6. The molecule has 0 aliphatic rings. The second kappa shape index (κ2) is 5.49. The summed E-state index contributed by atoms with van der Waals surface area (Å²) in [6.07, 6.45) is 1.72. The predicted octanol–water partition coefficient (Wildman–Crippen LogP) is 2.60. The van der Waals surface area contributed by atoms with Crippen molar-refractivity contribution in [2.75, 3.05) is 11.9 Å². The summed E-state index contributed by atoms with van der Waals surface area (Å²) in [7, 11) is 0. The van der Waals surface area contributed by atoms with Crippen molar-refractivity contribution in [1.29, 1.82) is 0 Å². The molecule has 0 bridgehead atoms. The molecule has 94 valence electrons. The molecule has 0 aliphatic carbocycles. The van der Waals surface area contributed by atoms with E-state index < -0.39 is 0 Å². The Hall–Kier alpha value is -2.10. The number of fused-ring (bicyclic) bond motifs is 1. The molecule has 0 amide bonds. The number of ether oxygens (including phenoxy) is 1. The Labute approximate surface area is 106 Å². The molecule has 0 spiro atoms. The molecule has 1 heterocycles. The molecule has 2 aromatic rings. The minimum Gasteiger partial charge on any atom is -0.464 e. The van der Waals surface area contributed by atoms with Crippen LogP contribution in [-0.2, 0) is 9.53 Å². The maximum Gasteiger partial charge on any atom is 0.328 e. The van der Waals surface area contributed by atoms with E-state index in [9.17, 15) is 4.79 Å². The minimum absolute atomic E-state index is 0.251. The molecule has 1 aromatic carbocycles. The summed E-state index contributed by atoms with van der Waals surface area (Å²) >= 11 is 0. The third-order valence-corrected chi connectivity index (χ3v) is 2.66. The smallest absolute Gasteiger partial charge is 0.328 e. The Morgan fingerprint density at radius 2 is 2.17 bits per heavy atom. The first-order valence-corrected chi connectivity index (χ1v) is 5.99. The standard InChI is InChI=1S/C14H16N2O2/c1-3-18-14(17)10(2)16-13-8-9-15-12-7-5-4-6-11(12)13/h4-10H,3H2,1-2H3,(H,15,16). The third kappa shape index (κ3) is 2.59. The van der Waals surface area contributed by atoms with Crippen LogP contribution in [0.2, 0.25) is 0 Å². The average Bonchev–Trinajstić information content (AvgIpc) is 2.39. The van der Waals surface area contributed by atoms with Crippen LogP contribution in [0.4, 0.5) is 5.69 Å².